The van der Waals surface area contributed by atoms with Crippen molar-refractivity contribution in [2.75, 3.05) is 13.1 Å². The third kappa shape index (κ3) is 5.63. The molecule has 0 unspecified atom stereocenters. The lowest BCUT2D eigenvalue weighted by Gasteiger charge is -2.39. The van der Waals surface area contributed by atoms with Crippen LogP contribution < -0.4 is 4.72 Å². The van der Waals surface area contributed by atoms with Crippen LogP contribution in [-0.2, 0) is 14.8 Å². The lowest BCUT2D eigenvalue weighted by atomic mass is 9.86. The molecule has 32 heavy (non-hydrogen) atoms. The van der Waals surface area contributed by atoms with Crippen LogP contribution in [0.3, 0.4) is 0 Å². The van der Waals surface area contributed by atoms with E-state index in [1.54, 1.807) is 20.8 Å². The molecule has 2 atom stereocenters. The highest BCUT2D eigenvalue weighted by Crippen LogP contribution is 2.31. The Balaban J connectivity index is 1.92. The highest BCUT2D eigenvalue weighted by Gasteiger charge is 2.38. The average Bonchev–Trinajstić information content (AvgIpc) is 2.73. The normalized spacial score (nSPS) is 19.4. The maximum atomic E-state index is 13.2. The molecule has 1 amide bonds. The van der Waals surface area contributed by atoms with Crippen molar-refractivity contribution in [1.82, 2.24) is 9.62 Å². The molecule has 1 fully saturated rings. The molecule has 2 aromatic carbocycles. The fourth-order valence-corrected chi connectivity index (χ4v) is 5.20. The Bertz CT molecular complexity index is 1080. The van der Waals surface area contributed by atoms with Gasteiger partial charge in [-0.2, -0.15) is 0 Å². The number of amides is 1. The van der Waals surface area contributed by atoms with Crippen molar-refractivity contribution in [3.8, 4) is 0 Å². The third-order valence-electron chi connectivity index (χ3n) is 5.15. The second kappa shape index (κ2) is 9.25. The molecule has 9 nitrogen and oxygen atoms in total. The van der Waals surface area contributed by atoms with Gasteiger partial charge >= 0.3 is 6.09 Å². The number of carbonyl (C=O) groups is 1. The standard InChI is InChI=1S/C22H27N3O6S/c1-22(2,3)31-21(26)24-14-13-17(16-9-5-4-6-10-16)18(15-24)23-32(29,30)20-12-8-7-11-19(20)25(27)28/h4-12,17-18,23H,13-15H2,1-3H3/t17-,18+/m1/s1. The number of likely N-dealkylation sites (tertiary alicyclic amines) is 1. The number of nitrogens with zero attached hydrogens (tertiary/aromatic N) is 2. The van der Waals surface area contributed by atoms with E-state index >= 15 is 0 Å². The van der Waals surface area contributed by atoms with E-state index in [2.05, 4.69) is 4.72 Å². The molecule has 1 aliphatic heterocycles. The van der Waals surface area contributed by atoms with Crippen LogP contribution >= 0.6 is 0 Å². The molecule has 0 aromatic heterocycles. The fourth-order valence-electron chi connectivity index (χ4n) is 3.76. The molecular weight excluding hydrogens is 434 g/mol. The summed E-state index contributed by atoms with van der Waals surface area (Å²) >= 11 is 0. The van der Waals surface area contributed by atoms with Gasteiger partial charge in [-0.1, -0.05) is 42.5 Å². The van der Waals surface area contributed by atoms with Crippen molar-refractivity contribution < 1.29 is 22.9 Å². The Morgan fingerprint density at radius 3 is 2.38 bits per heavy atom. The van der Waals surface area contributed by atoms with Gasteiger partial charge in [-0.25, -0.2) is 17.9 Å². The van der Waals surface area contributed by atoms with Gasteiger partial charge in [0.1, 0.15) is 5.60 Å². The summed E-state index contributed by atoms with van der Waals surface area (Å²) in [5, 5.41) is 11.4. The van der Waals surface area contributed by atoms with Crippen LogP contribution in [0.25, 0.3) is 0 Å². The van der Waals surface area contributed by atoms with Crippen molar-refractivity contribution in [3.05, 3.63) is 70.3 Å². The van der Waals surface area contributed by atoms with Gasteiger partial charge in [0.15, 0.2) is 4.90 Å². The first kappa shape index (κ1) is 23.7. The predicted octanol–water partition coefficient (Wildman–Crippen LogP) is 3.67. The van der Waals surface area contributed by atoms with Crippen LogP contribution in [0, 0.1) is 10.1 Å². The van der Waals surface area contributed by atoms with Crippen LogP contribution in [0.15, 0.2) is 59.5 Å². The van der Waals surface area contributed by atoms with Gasteiger partial charge in [-0.15, -0.1) is 0 Å². The summed E-state index contributed by atoms with van der Waals surface area (Å²) in [6.07, 6.45) is -0.0215. The van der Waals surface area contributed by atoms with E-state index in [1.807, 2.05) is 30.3 Å². The Morgan fingerprint density at radius 2 is 1.75 bits per heavy atom. The highest BCUT2D eigenvalue weighted by atomic mass is 32.2. The second-order valence-electron chi connectivity index (χ2n) is 8.68. The van der Waals surface area contributed by atoms with Crippen molar-refractivity contribution in [1.29, 1.82) is 0 Å². The number of sulfonamides is 1. The van der Waals surface area contributed by atoms with Gasteiger partial charge in [0.2, 0.25) is 10.0 Å². The van der Waals surface area contributed by atoms with Gasteiger partial charge in [0.25, 0.3) is 5.69 Å². The van der Waals surface area contributed by atoms with E-state index in [4.69, 9.17) is 4.74 Å². The minimum Gasteiger partial charge on any atom is -0.444 e. The zero-order valence-corrected chi connectivity index (χ0v) is 19.0. The number of nitro benzene ring substituents is 1. The number of para-hydroxylation sites is 1. The number of nitro groups is 1. The van der Waals surface area contributed by atoms with Crippen LogP contribution in [0.1, 0.15) is 38.7 Å². The van der Waals surface area contributed by atoms with Crippen LogP contribution in [-0.4, -0.2) is 49.1 Å². The zero-order valence-electron chi connectivity index (χ0n) is 18.2. The Morgan fingerprint density at radius 1 is 1.12 bits per heavy atom. The lowest BCUT2D eigenvalue weighted by molar-refractivity contribution is -0.387. The Labute approximate surface area is 187 Å². The molecule has 0 saturated carbocycles. The number of hydrogen-bond donors (Lipinski definition) is 1. The van der Waals surface area contributed by atoms with E-state index in [1.165, 1.54) is 23.1 Å². The van der Waals surface area contributed by atoms with Gasteiger partial charge in [0, 0.05) is 31.1 Å². The molecule has 1 aliphatic rings. The first-order chi connectivity index (χ1) is 15.0. The van der Waals surface area contributed by atoms with Crippen molar-refractivity contribution >= 4 is 21.8 Å². The summed E-state index contributed by atoms with van der Waals surface area (Å²) in [5.74, 6) is -0.215. The largest absolute Gasteiger partial charge is 0.444 e. The molecule has 0 aliphatic carbocycles. The summed E-state index contributed by atoms with van der Waals surface area (Å²) < 4.78 is 34.4. The lowest BCUT2D eigenvalue weighted by Crippen LogP contribution is -2.53. The molecule has 2 aromatic rings. The number of rotatable bonds is 5. The van der Waals surface area contributed by atoms with Crippen LogP contribution in [0.5, 0.6) is 0 Å². The van der Waals surface area contributed by atoms with E-state index in [0.29, 0.717) is 13.0 Å². The molecule has 0 bridgehead atoms. The minimum atomic E-state index is -4.23. The molecule has 1 saturated heterocycles. The van der Waals surface area contributed by atoms with Crippen LogP contribution in [0.4, 0.5) is 10.5 Å². The molecule has 1 N–H and O–H groups in total. The maximum absolute atomic E-state index is 13.2. The molecule has 0 spiro atoms. The van der Waals surface area contributed by atoms with E-state index in [-0.39, 0.29) is 12.5 Å². The number of carbonyl (C=O) groups excluding carboxylic acids is 1. The predicted molar refractivity (Wildman–Crippen MR) is 119 cm³/mol. The van der Waals surface area contributed by atoms with E-state index in [9.17, 15) is 23.3 Å². The number of hydrogen-bond acceptors (Lipinski definition) is 6. The second-order valence-corrected chi connectivity index (χ2v) is 10.4. The van der Waals surface area contributed by atoms with Crippen LogP contribution in [0.2, 0.25) is 0 Å². The number of nitrogens with one attached hydrogen (secondary N) is 1. The Kier molecular flexibility index (Phi) is 6.85. The number of piperidine rings is 1. The van der Waals surface area contributed by atoms with Gasteiger partial charge in [0.05, 0.1) is 4.92 Å². The van der Waals surface area contributed by atoms with E-state index < -0.39 is 43.3 Å². The van der Waals surface area contributed by atoms with Gasteiger partial charge in [-0.05, 0) is 38.8 Å². The van der Waals surface area contributed by atoms with Gasteiger partial charge in [-0.3, -0.25) is 10.1 Å². The quantitative estimate of drug-likeness (QED) is 0.536. The maximum Gasteiger partial charge on any atom is 0.410 e. The molecular formula is C22H27N3O6S. The summed E-state index contributed by atoms with van der Waals surface area (Å²) in [4.78, 5) is 24.3. The monoisotopic (exact) mass is 461 g/mol. The minimum absolute atomic E-state index is 0.0777. The van der Waals surface area contributed by atoms with Gasteiger partial charge < -0.3 is 9.64 Å². The molecule has 0 radical (unpaired) electrons. The van der Waals surface area contributed by atoms with Crippen molar-refractivity contribution in [3.63, 3.8) is 0 Å². The average molecular weight is 462 g/mol. The van der Waals surface area contributed by atoms with Crippen molar-refractivity contribution in [2.24, 2.45) is 0 Å². The molecule has 172 valence electrons. The first-order valence-electron chi connectivity index (χ1n) is 10.3. The SMILES string of the molecule is CC(C)(C)OC(=O)N1CC[C@H](c2ccccc2)[C@@H](NS(=O)(=O)c2ccccc2[N+](=O)[O-])C1. The Hall–Kier alpha value is -2.98. The van der Waals surface area contributed by atoms with E-state index in [0.717, 1.165) is 11.6 Å². The first-order valence-corrected chi connectivity index (χ1v) is 11.7. The molecule has 1 heterocycles. The highest BCUT2D eigenvalue weighted by molar-refractivity contribution is 7.89. The molecule has 3 rings (SSSR count). The summed E-state index contributed by atoms with van der Waals surface area (Å²) in [6, 6.07) is 13.9. The number of benzene rings is 2. The third-order valence-corrected chi connectivity index (χ3v) is 6.69. The smallest absolute Gasteiger partial charge is 0.410 e. The topological polar surface area (TPSA) is 119 Å². The molecule has 10 heteroatoms. The summed E-state index contributed by atoms with van der Waals surface area (Å²) in [6.45, 7) is 5.76. The zero-order chi connectivity index (χ0) is 23.5. The fraction of sp³-hybridized carbons (Fsp3) is 0.409. The summed E-state index contributed by atoms with van der Waals surface area (Å²) in [5.41, 5.74) is -0.268. The summed E-state index contributed by atoms with van der Waals surface area (Å²) in [7, 11) is -4.23. The number of ether oxygens (including phenoxy) is 1. The van der Waals surface area contributed by atoms with Crippen molar-refractivity contribution in [2.45, 2.75) is 49.6 Å².